The summed E-state index contributed by atoms with van der Waals surface area (Å²) in [7, 11) is 0. The normalized spacial score (nSPS) is 12.2. The average Bonchev–Trinajstić information content (AvgIpc) is 2.72. The maximum atomic E-state index is 4.38. The van der Waals surface area contributed by atoms with Crippen LogP contribution in [0.1, 0.15) is 26.7 Å². The zero-order chi connectivity index (χ0) is 11.4. The Morgan fingerprint density at radius 2 is 2.38 bits per heavy atom. The van der Waals surface area contributed by atoms with Gasteiger partial charge in [0, 0.05) is 6.20 Å². The molecule has 0 amide bonds. The van der Waals surface area contributed by atoms with Gasteiger partial charge in [-0.1, -0.05) is 25.0 Å². The predicted octanol–water partition coefficient (Wildman–Crippen LogP) is 3.18. The summed E-state index contributed by atoms with van der Waals surface area (Å²) in [4.78, 5) is 4.28. The summed E-state index contributed by atoms with van der Waals surface area (Å²) in [5.74, 6) is 0. The molecule has 0 unspecified atom stereocenters. The molecular formula is C13H17N3. The highest BCUT2D eigenvalue weighted by Gasteiger charge is 2.04. The van der Waals surface area contributed by atoms with Crippen molar-refractivity contribution in [2.75, 3.05) is 0 Å². The molecule has 0 radical (unpaired) electrons. The maximum Gasteiger partial charge on any atom is 0.108 e. The molecule has 2 heterocycles. The van der Waals surface area contributed by atoms with Crippen molar-refractivity contribution in [1.29, 1.82) is 0 Å². The fourth-order valence-electron chi connectivity index (χ4n) is 1.87. The number of hydrogen-bond acceptors (Lipinski definition) is 2. The molecule has 3 heteroatoms. The SMILES string of the molecule is CC=C(CCC)Cn1ncc2ncccc21. The molecule has 16 heavy (non-hydrogen) atoms. The van der Waals surface area contributed by atoms with Gasteiger partial charge in [0.25, 0.3) is 0 Å². The Kier molecular flexibility index (Phi) is 3.34. The molecule has 0 spiro atoms. The molecule has 3 nitrogen and oxygen atoms in total. The van der Waals surface area contributed by atoms with Gasteiger partial charge in [-0.2, -0.15) is 5.10 Å². The van der Waals surface area contributed by atoms with Gasteiger partial charge in [-0.05, 0) is 25.5 Å². The van der Waals surface area contributed by atoms with Crippen LogP contribution in [0.5, 0.6) is 0 Å². The Morgan fingerprint density at radius 1 is 1.50 bits per heavy atom. The van der Waals surface area contributed by atoms with Crippen LogP contribution in [0.4, 0.5) is 0 Å². The van der Waals surface area contributed by atoms with E-state index < -0.39 is 0 Å². The van der Waals surface area contributed by atoms with E-state index in [2.05, 4.69) is 36.1 Å². The van der Waals surface area contributed by atoms with E-state index in [1.165, 1.54) is 12.0 Å². The van der Waals surface area contributed by atoms with Gasteiger partial charge < -0.3 is 0 Å². The Balaban J connectivity index is 2.27. The Labute approximate surface area is 95.8 Å². The van der Waals surface area contributed by atoms with E-state index in [1.807, 2.05) is 16.9 Å². The van der Waals surface area contributed by atoms with Crippen molar-refractivity contribution in [2.45, 2.75) is 33.2 Å². The summed E-state index contributed by atoms with van der Waals surface area (Å²) >= 11 is 0. The summed E-state index contributed by atoms with van der Waals surface area (Å²) in [5.41, 5.74) is 3.50. The maximum absolute atomic E-state index is 4.38. The largest absolute Gasteiger partial charge is 0.259 e. The van der Waals surface area contributed by atoms with Gasteiger partial charge in [0.2, 0.25) is 0 Å². The number of nitrogens with zero attached hydrogens (tertiary/aromatic N) is 3. The molecule has 0 saturated carbocycles. The monoisotopic (exact) mass is 215 g/mol. The van der Waals surface area contributed by atoms with Crippen LogP contribution in [0, 0.1) is 0 Å². The molecule has 0 aliphatic carbocycles. The van der Waals surface area contributed by atoms with E-state index >= 15 is 0 Å². The van der Waals surface area contributed by atoms with Crippen LogP contribution in [0.3, 0.4) is 0 Å². The highest BCUT2D eigenvalue weighted by atomic mass is 15.3. The van der Waals surface area contributed by atoms with Gasteiger partial charge in [0.1, 0.15) is 5.52 Å². The summed E-state index contributed by atoms with van der Waals surface area (Å²) in [6, 6.07) is 4.02. The van der Waals surface area contributed by atoms with Gasteiger partial charge in [-0.25, -0.2) is 0 Å². The zero-order valence-corrected chi connectivity index (χ0v) is 9.85. The van der Waals surface area contributed by atoms with Crippen molar-refractivity contribution in [3.8, 4) is 0 Å². The van der Waals surface area contributed by atoms with E-state index in [4.69, 9.17) is 0 Å². The van der Waals surface area contributed by atoms with Gasteiger partial charge >= 0.3 is 0 Å². The van der Waals surface area contributed by atoms with E-state index in [0.29, 0.717) is 0 Å². The third-order valence-corrected chi connectivity index (χ3v) is 2.75. The van der Waals surface area contributed by atoms with E-state index in [1.54, 1.807) is 6.20 Å². The molecule has 2 aromatic heterocycles. The van der Waals surface area contributed by atoms with Crippen molar-refractivity contribution in [1.82, 2.24) is 14.8 Å². The number of fused-ring (bicyclic) bond motifs is 1. The molecular weight excluding hydrogens is 198 g/mol. The van der Waals surface area contributed by atoms with Crippen LogP contribution in [0.15, 0.2) is 36.2 Å². The van der Waals surface area contributed by atoms with E-state index in [9.17, 15) is 0 Å². The number of aromatic nitrogens is 3. The minimum absolute atomic E-state index is 0.875. The summed E-state index contributed by atoms with van der Waals surface area (Å²) in [5, 5.41) is 4.38. The molecule has 0 atom stereocenters. The second-order valence-corrected chi connectivity index (χ2v) is 3.91. The van der Waals surface area contributed by atoms with Crippen LogP contribution in [0.25, 0.3) is 11.0 Å². The Bertz CT molecular complexity index is 497. The van der Waals surface area contributed by atoms with E-state index in [0.717, 1.165) is 24.0 Å². The van der Waals surface area contributed by atoms with Crippen LogP contribution in [-0.2, 0) is 6.54 Å². The molecule has 84 valence electrons. The smallest absolute Gasteiger partial charge is 0.108 e. The second-order valence-electron chi connectivity index (χ2n) is 3.91. The summed E-state index contributed by atoms with van der Waals surface area (Å²) in [6.07, 6.45) is 8.13. The lowest BCUT2D eigenvalue weighted by Crippen LogP contribution is -2.02. The van der Waals surface area contributed by atoms with Crippen molar-refractivity contribution < 1.29 is 0 Å². The fraction of sp³-hybridized carbons (Fsp3) is 0.385. The third-order valence-electron chi connectivity index (χ3n) is 2.75. The van der Waals surface area contributed by atoms with Gasteiger partial charge in [0.05, 0.1) is 18.3 Å². The highest BCUT2D eigenvalue weighted by molar-refractivity contribution is 5.73. The van der Waals surface area contributed by atoms with Crippen molar-refractivity contribution in [3.05, 3.63) is 36.2 Å². The number of allylic oxidation sites excluding steroid dienone is 2. The zero-order valence-electron chi connectivity index (χ0n) is 9.85. The van der Waals surface area contributed by atoms with Crippen LogP contribution in [-0.4, -0.2) is 14.8 Å². The minimum atomic E-state index is 0.875. The fourth-order valence-corrected chi connectivity index (χ4v) is 1.87. The van der Waals surface area contributed by atoms with Crippen molar-refractivity contribution >= 4 is 11.0 Å². The Morgan fingerprint density at radius 3 is 3.12 bits per heavy atom. The lowest BCUT2D eigenvalue weighted by Gasteiger charge is -2.06. The predicted molar refractivity (Wildman–Crippen MR) is 66.2 cm³/mol. The third kappa shape index (κ3) is 2.13. The first-order chi connectivity index (χ1) is 7.85. The number of pyridine rings is 1. The van der Waals surface area contributed by atoms with Gasteiger partial charge in [-0.3, -0.25) is 9.67 Å². The molecule has 0 aromatic carbocycles. The first-order valence-electron chi connectivity index (χ1n) is 5.75. The van der Waals surface area contributed by atoms with Crippen molar-refractivity contribution in [3.63, 3.8) is 0 Å². The highest BCUT2D eigenvalue weighted by Crippen LogP contribution is 2.14. The number of rotatable bonds is 4. The first-order valence-corrected chi connectivity index (χ1v) is 5.75. The average molecular weight is 215 g/mol. The summed E-state index contributed by atoms with van der Waals surface area (Å²) in [6.45, 7) is 5.17. The molecule has 0 fully saturated rings. The Hall–Kier alpha value is -1.64. The molecule has 0 bridgehead atoms. The van der Waals surface area contributed by atoms with Crippen LogP contribution < -0.4 is 0 Å². The lowest BCUT2D eigenvalue weighted by atomic mass is 10.1. The lowest BCUT2D eigenvalue weighted by molar-refractivity contribution is 0.670. The summed E-state index contributed by atoms with van der Waals surface area (Å²) < 4.78 is 2.02. The van der Waals surface area contributed by atoms with Crippen molar-refractivity contribution in [2.24, 2.45) is 0 Å². The van der Waals surface area contributed by atoms with Gasteiger partial charge in [-0.15, -0.1) is 0 Å². The standard InChI is InChI=1S/C13H17N3/c1-3-6-11(4-2)10-16-13-7-5-8-14-12(13)9-15-16/h4-5,7-9H,3,6,10H2,1-2H3. The molecule has 0 saturated heterocycles. The van der Waals surface area contributed by atoms with Crippen LogP contribution >= 0.6 is 0 Å². The second kappa shape index (κ2) is 4.92. The molecule has 0 N–H and O–H groups in total. The van der Waals surface area contributed by atoms with Crippen LogP contribution in [0.2, 0.25) is 0 Å². The molecule has 0 aliphatic heterocycles. The number of hydrogen-bond donors (Lipinski definition) is 0. The molecule has 2 rings (SSSR count). The molecule has 2 aromatic rings. The van der Waals surface area contributed by atoms with E-state index in [-0.39, 0.29) is 0 Å². The minimum Gasteiger partial charge on any atom is -0.259 e. The first kappa shape index (κ1) is 10.9. The molecule has 0 aliphatic rings. The van der Waals surface area contributed by atoms with Gasteiger partial charge in [0.15, 0.2) is 0 Å². The topological polar surface area (TPSA) is 30.7 Å². The quantitative estimate of drug-likeness (QED) is 0.733.